The first-order valence-electron chi connectivity index (χ1n) is 5.75. The molecule has 1 atom stereocenters. The lowest BCUT2D eigenvalue weighted by Crippen LogP contribution is -2.12. The Morgan fingerprint density at radius 2 is 2.19 bits per heavy atom. The molecule has 2 N–H and O–H groups in total. The van der Waals surface area contributed by atoms with Gasteiger partial charge in [-0.15, -0.1) is 11.8 Å². The van der Waals surface area contributed by atoms with E-state index in [9.17, 15) is 0 Å². The molecule has 0 amide bonds. The molecule has 1 aromatic carbocycles. The number of hydrogen-bond acceptors (Lipinski definition) is 3. The topological polar surface area (TPSA) is 32.3 Å². The van der Waals surface area contributed by atoms with Crippen LogP contribution in [0.4, 0.5) is 0 Å². The maximum atomic E-state index is 9.01. The quantitative estimate of drug-likeness (QED) is 0.748. The van der Waals surface area contributed by atoms with E-state index in [2.05, 4.69) is 37.4 Å². The maximum Gasteiger partial charge on any atom is 0.0550 e. The minimum atomic E-state index is 0.225. The van der Waals surface area contributed by atoms with Crippen molar-refractivity contribution in [3.8, 4) is 0 Å². The molecule has 0 fully saturated rings. The van der Waals surface area contributed by atoms with Gasteiger partial charge in [-0.25, -0.2) is 0 Å². The lowest BCUT2D eigenvalue weighted by Gasteiger charge is -2.11. The molecule has 0 saturated carbocycles. The number of hydrogen-bond donors (Lipinski definition) is 2. The highest BCUT2D eigenvalue weighted by Gasteiger charge is 2.04. The Morgan fingerprint density at radius 3 is 2.75 bits per heavy atom. The van der Waals surface area contributed by atoms with Crippen molar-refractivity contribution in [3.05, 3.63) is 29.3 Å². The van der Waals surface area contributed by atoms with Gasteiger partial charge in [0.2, 0.25) is 0 Å². The van der Waals surface area contributed by atoms with Crippen molar-refractivity contribution in [2.75, 3.05) is 13.2 Å². The Labute approximate surface area is 102 Å². The van der Waals surface area contributed by atoms with E-state index in [0.29, 0.717) is 0 Å². The maximum absolute atomic E-state index is 9.01. The molecule has 2 nitrogen and oxygen atoms in total. The zero-order valence-electron chi connectivity index (χ0n) is 10.3. The van der Waals surface area contributed by atoms with Crippen LogP contribution in [0.15, 0.2) is 23.1 Å². The molecule has 1 rings (SSSR count). The Kier molecular flexibility index (Phi) is 5.88. The summed E-state index contributed by atoms with van der Waals surface area (Å²) in [6.45, 7) is 8.44. The van der Waals surface area contributed by atoms with Crippen LogP contribution < -0.4 is 5.32 Å². The summed E-state index contributed by atoms with van der Waals surface area (Å²) in [5.41, 5.74) is 2.67. The SMILES string of the molecule is CCNCc1ccc(SC(C)CO)cc1C. The van der Waals surface area contributed by atoms with E-state index in [4.69, 9.17) is 5.11 Å². The highest BCUT2D eigenvalue weighted by atomic mass is 32.2. The fourth-order valence-electron chi connectivity index (χ4n) is 1.47. The van der Waals surface area contributed by atoms with E-state index in [1.54, 1.807) is 11.8 Å². The van der Waals surface area contributed by atoms with Crippen LogP contribution in [0.3, 0.4) is 0 Å². The zero-order chi connectivity index (χ0) is 12.0. The Bertz CT molecular complexity index is 328. The van der Waals surface area contributed by atoms with Crippen LogP contribution >= 0.6 is 11.8 Å². The number of benzene rings is 1. The van der Waals surface area contributed by atoms with Gasteiger partial charge in [-0.2, -0.15) is 0 Å². The second kappa shape index (κ2) is 6.94. The van der Waals surface area contributed by atoms with Gasteiger partial charge < -0.3 is 10.4 Å². The molecule has 0 aliphatic heterocycles. The van der Waals surface area contributed by atoms with Crippen LogP contribution in [0.2, 0.25) is 0 Å². The van der Waals surface area contributed by atoms with Crippen molar-refractivity contribution in [1.82, 2.24) is 5.32 Å². The predicted molar refractivity (Wildman–Crippen MR) is 71.0 cm³/mol. The first-order valence-corrected chi connectivity index (χ1v) is 6.63. The Hall–Kier alpha value is -0.510. The number of thioether (sulfide) groups is 1. The van der Waals surface area contributed by atoms with E-state index >= 15 is 0 Å². The molecular formula is C13H21NOS. The molecular weight excluding hydrogens is 218 g/mol. The summed E-state index contributed by atoms with van der Waals surface area (Å²) in [6, 6.07) is 6.50. The number of aliphatic hydroxyl groups excluding tert-OH is 1. The fourth-order valence-corrected chi connectivity index (χ4v) is 2.40. The van der Waals surface area contributed by atoms with Gasteiger partial charge in [0, 0.05) is 16.7 Å². The average Bonchev–Trinajstić information content (AvgIpc) is 2.28. The molecule has 0 heterocycles. The van der Waals surface area contributed by atoms with Crippen molar-refractivity contribution in [2.45, 2.75) is 37.5 Å². The highest BCUT2D eigenvalue weighted by Crippen LogP contribution is 2.25. The van der Waals surface area contributed by atoms with Gasteiger partial charge in [-0.3, -0.25) is 0 Å². The van der Waals surface area contributed by atoms with E-state index in [1.165, 1.54) is 16.0 Å². The second-order valence-electron chi connectivity index (χ2n) is 3.98. The molecule has 16 heavy (non-hydrogen) atoms. The largest absolute Gasteiger partial charge is 0.395 e. The third-order valence-electron chi connectivity index (χ3n) is 2.47. The molecule has 0 aliphatic carbocycles. The Balaban J connectivity index is 2.66. The Morgan fingerprint density at radius 1 is 1.44 bits per heavy atom. The number of aryl methyl sites for hydroxylation is 1. The van der Waals surface area contributed by atoms with Gasteiger partial charge in [0.15, 0.2) is 0 Å². The van der Waals surface area contributed by atoms with Crippen molar-refractivity contribution >= 4 is 11.8 Å². The van der Waals surface area contributed by atoms with Crippen LogP contribution in [0.1, 0.15) is 25.0 Å². The molecule has 0 aliphatic rings. The smallest absolute Gasteiger partial charge is 0.0550 e. The van der Waals surface area contributed by atoms with E-state index in [0.717, 1.165) is 13.1 Å². The summed E-state index contributed by atoms with van der Waals surface area (Å²) in [5, 5.41) is 12.6. The molecule has 0 aromatic heterocycles. The third kappa shape index (κ3) is 4.16. The van der Waals surface area contributed by atoms with Crippen molar-refractivity contribution in [1.29, 1.82) is 0 Å². The summed E-state index contributed by atoms with van der Waals surface area (Å²) in [5.74, 6) is 0. The number of rotatable bonds is 6. The first-order chi connectivity index (χ1) is 7.67. The summed E-state index contributed by atoms with van der Waals surface area (Å²) in [7, 11) is 0. The van der Waals surface area contributed by atoms with Crippen molar-refractivity contribution in [3.63, 3.8) is 0 Å². The molecule has 1 unspecified atom stereocenters. The first kappa shape index (κ1) is 13.6. The van der Waals surface area contributed by atoms with Gasteiger partial charge >= 0.3 is 0 Å². The molecule has 0 radical (unpaired) electrons. The van der Waals surface area contributed by atoms with E-state index in [-0.39, 0.29) is 11.9 Å². The fraction of sp³-hybridized carbons (Fsp3) is 0.538. The summed E-state index contributed by atoms with van der Waals surface area (Å²) in [4.78, 5) is 1.24. The predicted octanol–water partition coefficient (Wildman–Crippen LogP) is 2.58. The molecule has 3 heteroatoms. The summed E-state index contributed by atoms with van der Waals surface area (Å²) >= 11 is 1.72. The third-order valence-corrected chi connectivity index (χ3v) is 3.55. The normalized spacial score (nSPS) is 12.8. The van der Waals surface area contributed by atoms with Crippen LogP contribution in [-0.4, -0.2) is 23.5 Å². The molecule has 0 saturated heterocycles. The molecule has 1 aromatic rings. The summed E-state index contributed by atoms with van der Waals surface area (Å²) in [6.07, 6.45) is 0. The number of nitrogens with one attached hydrogen (secondary N) is 1. The number of aliphatic hydroxyl groups is 1. The lowest BCUT2D eigenvalue weighted by atomic mass is 10.1. The minimum absolute atomic E-state index is 0.225. The monoisotopic (exact) mass is 239 g/mol. The van der Waals surface area contributed by atoms with Gasteiger partial charge in [-0.1, -0.05) is 19.9 Å². The van der Waals surface area contributed by atoms with Crippen LogP contribution in [0, 0.1) is 6.92 Å². The lowest BCUT2D eigenvalue weighted by molar-refractivity contribution is 0.300. The standard InChI is InChI=1S/C13H21NOS/c1-4-14-8-12-5-6-13(7-10(12)2)16-11(3)9-15/h5-7,11,14-15H,4,8-9H2,1-3H3. The van der Waals surface area contributed by atoms with Gasteiger partial charge in [-0.05, 0) is 36.7 Å². The van der Waals surface area contributed by atoms with Crippen LogP contribution in [-0.2, 0) is 6.54 Å². The van der Waals surface area contributed by atoms with Gasteiger partial charge in [0.1, 0.15) is 0 Å². The average molecular weight is 239 g/mol. The molecule has 0 bridgehead atoms. The minimum Gasteiger partial charge on any atom is -0.395 e. The van der Waals surface area contributed by atoms with E-state index < -0.39 is 0 Å². The van der Waals surface area contributed by atoms with Gasteiger partial charge in [0.25, 0.3) is 0 Å². The van der Waals surface area contributed by atoms with Gasteiger partial charge in [0.05, 0.1) is 6.61 Å². The summed E-state index contributed by atoms with van der Waals surface area (Å²) < 4.78 is 0. The van der Waals surface area contributed by atoms with Crippen molar-refractivity contribution in [2.24, 2.45) is 0 Å². The zero-order valence-corrected chi connectivity index (χ0v) is 11.1. The van der Waals surface area contributed by atoms with E-state index in [1.807, 2.05) is 6.92 Å². The van der Waals surface area contributed by atoms with Crippen LogP contribution in [0.25, 0.3) is 0 Å². The highest BCUT2D eigenvalue weighted by molar-refractivity contribution is 8.00. The van der Waals surface area contributed by atoms with Crippen LogP contribution in [0.5, 0.6) is 0 Å². The molecule has 0 spiro atoms. The van der Waals surface area contributed by atoms with Crippen molar-refractivity contribution < 1.29 is 5.11 Å². The second-order valence-corrected chi connectivity index (χ2v) is 5.49. The molecule has 90 valence electrons.